The van der Waals surface area contributed by atoms with Crippen LogP contribution in [-0.2, 0) is 4.79 Å². The summed E-state index contributed by atoms with van der Waals surface area (Å²) in [5.41, 5.74) is 0. The lowest BCUT2D eigenvalue weighted by Gasteiger charge is -1.89. The van der Waals surface area contributed by atoms with Crippen LogP contribution in [0.5, 0.6) is 0 Å². The van der Waals surface area contributed by atoms with Gasteiger partial charge in [-0.05, 0) is 6.92 Å². The van der Waals surface area contributed by atoms with Crippen molar-refractivity contribution in [1.29, 1.82) is 0 Å². The smallest absolute Gasteiger partial charge is 0.332 e. The highest BCUT2D eigenvalue weighted by molar-refractivity contribution is 5.71. The van der Waals surface area contributed by atoms with Gasteiger partial charge in [0.25, 0.3) is 5.09 Å². The Kier molecular flexibility index (Phi) is 38.9. The van der Waals surface area contributed by atoms with Gasteiger partial charge in [-0.25, -0.2) is 4.79 Å². The Hall–Kier alpha value is -1.49. The highest BCUT2D eigenvalue weighted by Gasteiger charge is 2.01. The molecule has 0 aliphatic heterocycles. The molecule has 0 aromatic heterocycles. The van der Waals surface area contributed by atoms with E-state index in [4.69, 9.17) is 25.5 Å². The van der Waals surface area contributed by atoms with E-state index in [1.165, 1.54) is 6.92 Å². The zero-order chi connectivity index (χ0) is 8.73. The highest BCUT2D eigenvalue weighted by Crippen LogP contribution is 1.73. The third-order valence-electron chi connectivity index (χ3n) is 0.357. The number of aliphatic hydroxyl groups excluding tert-OH is 1. The molecule has 0 saturated heterocycles. The van der Waals surface area contributed by atoms with E-state index < -0.39 is 17.2 Å². The second-order valence-electron chi connectivity index (χ2n) is 1.25. The van der Waals surface area contributed by atoms with Crippen molar-refractivity contribution in [2.24, 2.45) is 0 Å². The molecule has 0 aliphatic rings. The Morgan fingerprint density at radius 1 is 1.38 bits per heavy atom. The van der Waals surface area contributed by atoms with Crippen LogP contribution in [0, 0.1) is 10.1 Å². The van der Waals surface area contributed by atoms with Gasteiger partial charge in [0.05, 0.1) is 0 Å². The van der Waals surface area contributed by atoms with Crippen molar-refractivity contribution in [1.82, 2.24) is 0 Å². The van der Waals surface area contributed by atoms with Gasteiger partial charge in [0, 0.05) is 0 Å². The van der Waals surface area contributed by atoms with Gasteiger partial charge in [-0.15, -0.1) is 10.1 Å². The SMILES string of the molecule is CC(O)C(=O)O.O.O.O.O=[N+]([O-])O. The first-order valence-electron chi connectivity index (χ1n) is 2.12. The van der Waals surface area contributed by atoms with Crippen LogP contribution in [0.4, 0.5) is 0 Å². The predicted molar refractivity (Wildman–Crippen MR) is 38.9 cm³/mol. The molecule has 0 radical (unpaired) electrons. The van der Waals surface area contributed by atoms with E-state index in [-0.39, 0.29) is 16.4 Å². The van der Waals surface area contributed by atoms with E-state index in [2.05, 4.69) is 0 Å². The second kappa shape index (κ2) is 16.9. The van der Waals surface area contributed by atoms with Crippen LogP contribution < -0.4 is 0 Å². The first-order chi connectivity index (χ1) is 4.37. The number of carbonyl (C=O) groups is 1. The molecule has 0 aromatic rings. The van der Waals surface area contributed by atoms with Crippen LogP contribution >= 0.6 is 0 Å². The van der Waals surface area contributed by atoms with Crippen molar-refractivity contribution < 1.29 is 41.7 Å². The Bertz CT molecular complexity index is 118. The minimum Gasteiger partial charge on any atom is -0.479 e. The summed E-state index contributed by atoms with van der Waals surface area (Å²) < 4.78 is 0. The summed E-state index contributed by atoms with van der Waals surface area (Å²) in [4.78, 5) is 17.8. The quantitative estimate of drug-likeness (QED) is 0.294. The predicted octanol–water partition coefficient (Wildman–Crippen LogP) is -3.37. The molecule has 1 unspecified atom stereocenters. The molecule has 0 rings (SSSR count). The van der Waals surface area contributed by atoms with Gasteiger partial charge in [0.15, 0.2) is 0 Å². The van der Waals surface area contributed by atoms with Gasteiger partial charge in [-0.3, -0.25) is 0 Å². The van der Waals surface area contributed by atoms with E-state index >= 15 is 0 Å². The molecule has 0 bridgehead atoms. The molecule has 0 aliphatic carbocycles. The maximum absolute atomic E-state index is 9.45. The topological polar surface area (TPSA) is 215 Å². The highest BCUT2D eigenvalue weighted by atomic mass is 16.9. The fourth-order valence-corrected chi connectivity index (χ4v) is 0. The summed E-state index contributed by atoms with van der Waals surface area (Å²) in [6, 6.07) is 0. The van der Waals surface area contributed by atoms with Crippen molar-refractivity contribution >= 4 is 5.97 Å². The summed E-state index contributed by atoms with van der Waals surface area (Å²) in [5, 5.41) is 29.4. The standard InChI is InChI=1S/C3H6O3.HNO3.3H2O/c1-2(4)3(5)6;2-1(3)4;;;/h2,4H,1H3,(H,5,6);(H,2,3,4);3*1H2. The largest absolute Gasteiger partial charge is 0.479 e. The zero-order valence-corrected chi connectivity index (χ0v) is 6.59. The number of nitrogens with zero attached hydrogens (tertiary/aromatic N) is 1. The summed E-state index contributed by atoms with van der Waals surface area (Å²) in [7, 11) is 0. The van der Waals surface area contributed by atoms with E-state index in [1.807, 2.05) is 0 Å². The van der Waals surface area contributed by atoms with Crippen molar-refractivity contribution in [3.63, 3.8) is 0 Å². The fraction of sp³-hybridized carbons (Fsp3) is 0.667. The molecular formula is C3H13NO9. The normalized spacial score (nSPS) is 8.15. The third-order valence-corrected chi connectivity index (χ3v) is 0.357. The summed E-state index contributed by atoms with van der Waals surface area (Å²) in [6.45, 7) is 1.20. The molecule has 0 aromatic carbocycles. The number of hydrogen-bond acceptors (Lipinski definition) is 4. The molecule has 9 N–H and O–H groups in total. The van der Waals surface area contributed by atoms with Gasteiger partial charge < -0.3 is 31.8 Å². The average Bonchev–Trinajstić information content (AvgIpc) is 1.63. The van der Waals surface area contributed by atoms with Gasteiger partial charge in [-0.1, -0.05) is 0 Å². The summed E-state index contributed by atoms with van der Waals surface area (Å²) >= 11 is 0. The number of carboxylic acids is 1. The second-order valence-corrected chi connectivity index (χ2v) is 1.25. The molecular weight excluding hydrogens is 194 g/mol. The van der Waals surface area contributed by atoms with Crippen LogP contribution in [-0.4, -0.2) is 49.0 Å². The molecule has 84 valence electrons. The number of aliphatic carboxylic acids is 1. The number of rotatable bonds is 1. The Labute approximate surface area is 72.1 Å². The average molecular weight is 207 g/mol. The van der Waals surface area contributed by atoms with E-state index in [0.717, 1.165) is 0 Å². The monoisotopic (exact) mass is 207 g/mol. The van der Waals surface area contributed by atoms with Gasteiger partial charge in [0.2, 0.25) is 0 Å². The Morgan fingerprint density at radius 3 is 1.46 bits per heavy atom. The van der Waals surface area contributed by atoms with Crippen LogP contribution in [0.1, 0.15) is 6.92 Å². The van der Waals surface area contributed by atoms with Crippen molar-refractivity contribution in [2.75, 3.05) is 0 Å². The van der Waals surface area contributed by atoms with Crippen molar-refractivity contribution in [2.45, 2.75) is 13.0 Å². The zero-order valence-electron chi connectivity index (χ0n) is 6.59. The minimum atomic E-state index is -1.50. The molecule has 10 nitrogen and oxygen atoms in total. The maximum atomic E-state index is 9.45. The van der Waals surface area contributed by atoms with Crippen LogP contribution in [0.2, 0.25) is 0 Å². The fourth-order valence-electron chi connectivity index (χ4n) is 0. The van der Waals surface area contributed by atoms with E-state index in [1.54, 1.807) is 0 Å². The molecule has 10 heteroatoms. The van der Waals surface area contributed by atoms with Gasteiger partial charge in [0.1, 0.15) is 6.10 Å². The van der Waals surface area contributed by atoms with Crippen LogP contribution in [0.15, 0.2) is 0 Å². The van der Waals surface area contributed by atoms with E-state index in [0.29, 0.717) is 0 Å². The van der Waals surface area contributed by atoms with Crippen molar-refractivity contribution in [3.8, 4) is 0 Å². The lowest BCUT2D eigenvalue weighted by molar-refractivity contribution is -0.742. The molecule has 0 fully saturated rings. The van der Waals surface area contributed by atoms with Crippen molar-refractivity contribution in [3.05, 3.63) is 10.1 Å². The van der Waals surface area contributed by atoms with Gasteiger partial charge in [-0.2, -0.15) is 0 Å². The third kappa shape index (κ3) is 121. The molecule has 0 spiro atoms. The Balaban J connectivity index is -0.0000000279. The number of aliphatic hydroxyl groups is 1. The molecule has 0 heterocycles. The lowest BCUT2D eigenvalue weighted by atomic mass is 10.4. The maximum Gasteiger partial charge on any atom is 0.332 e. The van der Waals surface area contributed by atoms with Crippen LogP contribution in [0.25, 0.3) is 0 Å². The van der Waals surface area contributed by atoms with Crippen LogP contribution in [0.3, 0.4) is 0 Å². The first kappa shape index (κ1) is 30.0. The molecule has 13 heavy (non-hydrogen) atoms. The number of carboxylic acid groups (broad SMARTS) is 1. The molecule has 0 saturated carbocycles. The van der Waals surface area contributed by atoms with Gasteiger partial charge >= 0.3 is 5.97 Å². The van der Waals surface area contributed by atoms with E-state index in [9.17, 15) is 4.79 Å². The minimum absolute atomic E-state index is 0. The first-order valence-corrected chi connectivity index (χ1v) is 2.12. The molecule has 1 atom stereocenters. The summed E-state index contributed by atoms with van der Waals surface area (Å²) in [5.74, 6) is -1.19. The molecule has 0 amide bonds. The lowest BCUT2D eigenvalue weighted by Crippen LogP contribution is -2.13. The summed E-state index contributed by atoms with van der Waals surface area (Å²) in [6.07, 6.45) is -1.23. The number of hydrogen-bond donors (Lipinski definition) is 3. The Morgan fingerprint density at radius 2 is 1.46 bits per heavy atom.